The summed E-state index contributed by atoms with van der Waals surface area (Å²) in [5, 5.41) is 10.6. The van der Waals surface area contributed by atoms with Crippen molar-refractivity contribution in [3.05, 3.63) is 11.7 Å². The first-order valence-electron chi connectivity index (χ1n) is 7.25. The summed E-state index contributed by atoms with van der Waals surface area (Å²) in [6, 6.07) is 0.501. The van der Waals surface area contributed by atoms with Gasteiger partial charge in [-0.15, -0.1) is 0 Å². The number of hydrogen-bond donors (Lipinski definition) is 2. The van der Waals surface area contributed by atoms with Gasteiger partial charge in [0.05, 0.1) is 6.54 Å². The summed E-state index contributed by atoms with van der Waals surface area (Å²) in [5.74, 6) is 2.03. The highest BCUT2D eigenvalue weighted by Crippen LogP contribution is 2.34. The Bertz CT molecular complexity index is 456. The van der Waals surface area contributed by atoms with Gasteiger partial charge in [0.1, 0.15) is 0 Å². The molecule has 112 valence electrons. The van der Waals surface area contributed by atoms with Crippen molar-refractivity contribution in [2.45, 2.75) is 59.0 Å². The van der Waals surface area contributed by atoms with Gasteiger partial charge < -0.3 is 15.2 Å². The Morgan fingerprint density at radius 3 is 2.65 bits per heavy atom. The zero-order valence-electron chi connectivity index (χ0n) is 12.9. The van der Waals surface area contributed by atoms with E-state index in [-0.39, 0.29) is 0 Å². The summed E-state index contributed by atoms with van der Waals surface area (Å²) in [5.41, 5.74) is 0.483. The lowest BCUT2D eigenvalue weighted by Crippen LogP contribution is -2.45. The molecular weight excluding hydrogens is 254 g/mol. The van der Waals surface area contributed by atoms with E-state index in [2.05, 4.69) is 39.6 Å². The highest BCUT2D eigenvalue weighted by molar-refractivity contribution is 5.79. The van der Waals surface area contributed by atoms with Gasteiger partial charge in [0.25, 0.3) is 0 Å². The van der Waals surface area contributed by atoms with Crippen molar-refractivity contribution < 1.29 is 4.52 Å². The van der Waals surface area contributed by atoms with Crippen molar-refractivity contribution in [1.29, 1.82) is 0 Å². The third-order valence-electron chi connectivity index (χ3n) is 3.89. The zero-order chi connectivity index (χ0) is 14.6. The summed E-state index contributed by atoms with van der Waals surface area (Å²) < 4.78 is 4.94. The Kier molecular flexibility index (Phi) is 4.62. The summed E-state index contributed by atoms with van der Waals surface area (Å²) >= 11 is 0. The summed E-state index contributed by atoms with van der Waals surface area (Å²) in [4.78, 5) is 8.41. The minimum Gasteiger partial charge on any atom is -0.354 e. The van der Waals surface area contributed by atoms with E-state index in [1.54, 1.807) is 14.0 Å². The van der Waals surface area contributed by atoms with Crippen molar-refractivity contribution in [3.63, 3.8) is 0 Å². The average molecular weight is 279 g/mol. The number of hydrogen-bond acceptors (Lipinski definition) is 4. The third-order valence-corrected chi connectivity index (χ3v) is 3.89. The van der Waals surface area contributed by atoms with Gasteiger partial charge in [-0.2, -0.15) is 4.98 Å². The molecule has 0 aromatic carbocycles. The van der Waals surface area contributed by atoms with E-state index in [0.29, 0.717) is 29.7 Å². The molecule has 2 N–H and O–H groups in total. The van der Waals surface area contributed by atoms with E-state index in [1.807, 2.05) is 0 Å². The first kappa shape index (κ1) is 14.8. The molecule has 0 unspecified atom stereocenters. The normalized spacial score (nSPS) is 19.9. The molecule has 0 aliphatic heterocycles. The fourth-order valence-electron chi connectivity index (χ4n) is 2.51. The predicted octanol–water partition coefficient (Wildman–Crippen LogP) is 2.01. The van der Waals surface area contributed by atoms with Crippen LogP contribution < -0.4 is 10.6 Å². The molecule has 0 bridgehead atoms. The molecule has 1 aromatic rings. The molecule has 1 aliphatic rings. The molecule has 0 atom stereocenters. The van der Waals surface area contributed by atoms with Crippen LogP contribution >= 0.6 is 0 Å². The standard InChI is InChI=1S/C14H25N5O/c1-10-17-12(19-20-10)9-16-13(15-4)18-11-5-7-14(2,3)8-6-11/h11H,5-9H2,1-4H3,(H2,15,16,18). The topological polar surface area (TPSA) is 75.3 Å². The molecule has 1 aliphatic carbocycles. The van der Waals surface area contributed by atoms with Crippen molar-refractivity contribution in [3.8, 4) is 0 Å². The van der Waals surface area contributed by atoms with Gasteiger partial charge in [-0.1, -0.05) is 19.0 Å². The van der Waals surface area contributed by atoms with Gasteiger partial charge >= 0.3 is 0 Å². The Morgan fingerprint density at radius 2 is 2.10 bits per heavy atom. The molecule has 6 heteroatoms. The lowest BCUT2D eigenvalue weighted by molar-refractivity contribution is 0.216. The SMILES string of the molecule is CN=C(NCc1noc(C)n1)NC1CCC(C)(C)CC1. The van der Waals surface area contributed by atoms with Crippen molar-refractivity contribution in [1.82, 2.24) is 20.8 Å². The van der Waals surface area contributed by atoms with Crippen LogP contribution in [-0.2, 0) is 6.54 Å². The number of nitrogens with one attached hydrogen (secondary N) is 2. The monoisotopic (exact) mass is 279 g/mol. The second-order valence-corrected chi connectivity index (χ2v) is 6.24. The van der Waals surface area contributed by atoms with Crippen molar-refractivity contribution in [2.75, 3.05) is 7.05 Å². The lowest BCUT2D eigenvalue weighted by Gasteiger charge is -2.35. The van der Waals surface area contributed by atoms with Crippen LogP contribution in [0.1, 0.15) is 51.2 Å². The predicted molar refractivity (Wildman–Crippen MR) is 78.4 cm³/mol. The molecule has 1 aromatic heterocycles. The minimum absolute atomic E-state index is 0.483. The largest absolute Gasteiger partial charge is 0.354 e. The molecule has 0 spiro atoms. The third kappa shape index (κ3) is 4.21. The van der Waals surface area contributed by atoms with Crippen LogP contribution in [0, 0.1) is 12.3 Å². The van der Waals surface area contributed by atoms with Crippen LogP contribution in [-0.4, -0.2) is 29.2 Å². The van der Waals surface area contributed by atoms with Crippen LogP contribution in [0.4, 0.5) is 0 Å². The fraction of sp³-hybridized carbons (Fsp3) is 0.786. The maximum absolute atomic E-state index is 4.94. The second kappa shape index (κ2) is 6.24. The number of aliphatic imine (C=N–C) groups is 1. The Morgan fingerprint density at radius 1 is 1.40 bits per heavy atom. The van der Waals surface area contributed by atoms with E-state index in [4.69, 9.17) is 4.52 Å². The highest BCUT2D eigenvalue weighted by atomic mass is 16.5. The number of aromatic nitrogens is 2. The maximum Gasteiger partial charge on any atom is 0.223 e. The molecule has 0 amide bonds. The van der Waals surface area contributed by atoms with E-state index in [1.165, 1.54) is 25.7 Å². The molecule has 6 nitrogen and oxygen atoms in total. The van der Waals surface area contributed by atoms with Gasteiger partial charge in [0, 0.05) is 20.0 Å². The first-order valence-corrected chi connectivity index (χ1v) is 7.25. The number of aryl methyl sites for hydroxylation is 1. The number of guanidine groups is 1. The molecule has 1 saturated carbocycles. The van der Waals surface area contributed by atoms with E-state index >= 15 is 0 Å². The quantitative estimate of drug-likeness (QED) is 0.654. The molecule has 0 radical (unpaired) electrons. The van der Waals surface area contributed by atoms with Crippen LogP contribution in [0.5, 0.6) is 0 Å². The van der Waals surface area contributed by atoms with Crippen molar-refractivity contribution >= 4 is 5.96 Å². The van der Waals surface area contributed by atoms with Crippen LogP contribution in [0.15, 0.2) is 9.52 Å². The maximum atomic E-state index is 4.94. The molecule has 2 rings (SSSR count). The molecule has 0 saturated heterocycles. The van der Waals surface area contributed by atoms with Crippen LogP contribution in [0.25, 0.3) is 0 Å². The Hall–Kier alpha value is -1.59. The van der Waals surface area contributed by atoms with Crippen LogP contribution in [0.2, 0.25) is 0 Å². The second-order valence-electron chi connectivity index (χ2n) is 6.24. The lowest BCUT2D eigenvalue weighted by atomic mass is 9.75. The Labute approximate surface area is 120 Å². The first-order chi connectivity index (χ1) is 9.48. The summed E-state index contributed by atoms with van der Waals surface area (Å²) in [6.45, 7) is 6.99. The van der Waals surface area contributed by atoms with Gasteiger partial charge in [-0.3, -0.25) is 4.99 Å². The number of nitrogens with zero attached hydrogens (tertiary/aromatic N) is 3. The molecular formula is C14H25N5O. The Balaban J connectivity index is 1.78. The van der Waals surface area contributed by atoms with E-state index in [0.717, 1.165) is 5.96 Å². The minimum atomic E-state index is 0.483. The van der Waals surface area contributed by atoms with Gasteiger partial charge in [0.2, 0.25) is 5.89 Å². The van der Waals surface area contributed by atoms with E-state index in [9.17, 15) is 0 Å². The average Bonchev–Trinajstić information content (AvgIpc) is 2.82. The number of rotatable bonds is 3. The fourth-order valence-corrected chi connectivity index (χ4v) is 2.51. The van der Waals surface area contributed by atoms with Gasteiger partial charge in [-0.05, 0) is 31.1 Å². The van der Waals surface area contributed by atoms with Crippen molar-refractivity contribution in [2.24, 2.45) is 10.4 Å². The summed E-state index contributed by atoms with van der Waals surface area (Å²) in [7, 11) is 1.78. The molecule has 1 fully saturated rings. The van der Waals surface area contributed by atoms with E-state index < -0.39 is 0 Å². The zero-order valence-corrected chi connectivity index (χ0v) is 12.9. The molecule has 1 heterocycles. The molecule has 20 heavy (non-hydrogen) atoms. The van der Waals surface area contributed by atoms with Gasteiger partial charge in [0.15, 0.2) is 11.8 Å². The smallest absolute Gasteiger partial charge is 0.223 e. The van der Waals surface area contributed by atoms with Crippen LogP contribution in [0.3, 0.4) is 0 Å². The summed E-state index contributed by atoms with van der Waals surface area (Å²) in [6.07, 6.45) is 4.89. The highest BCUT2D eigenvalue weighted by Gasteiger charge is 2.27. The van der Waals surface area contributed by atoms with Gasteiger partial charge in [-0.25, -0.2) is 0 Å².